The monoisotopic (exact) mass is 383 g/mol. The summed E-state index contributed by atoms with van der Waals surface area (Å²) >= 11 is 0. The maximum atomic E-state index is 13.0. The highest BCUT2D eigenvalue weighted by Gasteiger charge is 2.54. The van der Waals surface area contributed by atoms with E-state index in [-0.39, 0.29) is 23.4 Å². The number of piperidine rings is 1. The van der Waals surface area contributed by atoms with E-state index in [0.29, 0.717) is 12.5 Å². The SMILES string of the molecule is CC(=O)N1CCCC(CNC(=O)N2CC3(CCCCC3)C2c2ccccc2)C1. The smallest absolute Gasteiger partial charge is 0.317 e. The van der Waals surface area contributed by atoms with Crippen LogP contribution in [0.25, 0.3) is 0 Å². The highest BCUT2D eigenvalue weighted by molar-refractivity contribution is 5.76. The lowest BCUT2D eigenvalue weighted by Gasteiger charge is -2.59. The number of benzene rings is 1. The summed E-state index contributed by atoms with van der Waals surface area (Å²) < 4.78 is 0. The van der Waals surface area contributed by atoms with Crippen molar-refractivity contribution in [3.63, 3.8) is 0 Å². The Morgan fingerprint density at radius 1 is 1.11 bits per heavy atom. The number of nitrogens with zero attached hydrogens (tertiary/aromatic N) is 2. The van der Waals surface area contributed by atoms with Crippen molar-refractivity contribution in [3.05, 3.63) is 35.9 Å². The molecule has 2 aliphatic heterocycles. The van der Waals surface area contributed by atoms with Crippen molar-refractivity contribution < 1.29 is 9.59 Å². The van der Waals surface area contributed by atoms with Crippen LogP contribution in [0.1, 0.15) is 63.5 Å². The second-order valence-corrected chi connectivity index (χ2v) is 9.02. The number of rotatable bonds is 3. The van der Waals surface area contributed by atoms with Gasteiger partial charge in [-0.25, -0.2) is 4.79 Å². The van der Waals surface area contributed by atoms with Crippen molar-refractivity contribution in [3.8, 4) is 0 Å². The summed E-state index contributed by atoms with van der Waals surface area (Å²) in [6.45, 7) is 4.79. The molecule has 1 saturated carbocycles. The van der Waals surface area contributed by atoms with Crippen molar-refractivity contribution >= 4 is 11.9 Å². The van der Waals surface area contributed by atoms with Crippen molar-refractivity contribution in [1.29, 1.82) is 0 Å². The average Bonchev–Trinajstić information content (AvgIpc) is 2.72. The van der Waals surface area contributed by atoms with E-state index in [2.05, 4.69) is 29.6 Å². The molecule has 1 aromatic carbocycles. The van der Waals surface area contributed by atoms with Gasteiger partial charge >= 0.3 is 6.03 Å². The van der Waals surface area contributed by atoms with E-state index < -0.39 is 0 Å². The van der Waals surface area contributed by atoms with Gasteiger partial charge in [0.05, 0.1) is 6.04 Å². The van der Waals surface area contributed by atoms with Crippen molar-refractivity contribution in [1.82, 2.24) is 15.1 Å². The molecule has 5 heteroatoms. The zero-order valence-electron chi connectivity index (χ0n) is 17.0. The highest BCUT2D eigenvalue weighted by atomic mass is 16.2. The van der Waals surface area contributed by atoms with Gasteiger partial charge in [-0.3, -0.25) is 4.79 Å². The van der Waals surface area contributed by atoms with Gasteiger partial charge in [-0.05, 0) is 37.2 Å². The van der Waals surface area contributed by atoms with Gasteiger partial charge in [0, 0.05) is 38.5 Å². The standard InChI is InChI=1S/C23H33N3O2/c1-18(27)25-14-8-9-19(16-25)15-24-22(28)26-17-23(12-6-3-7-13-23)21(26)20-10-4-2-5-11-20/h2,4-5,10-11,19,21H,3,6-9,12-17H2,1H3,(H,24,28). The van der Waals surface area contributed by atoms with Gasteiger partial charge in [-0.15, -0.1) is 0 Å². The Hall–Kier alpha value is -2.04. The Labute approximate surface area is 168 Å². The number of carbonyl (C=O) groups is 2. The first kappa shape index (κ1) is 19.3. The van der Waals surface area contributed by atoms with Crippen LogP contribution in [0.2, 0.25) is 0 Å². The second-order valence-electron chi connectivity index (χ2n) is 9.02. The maximum Gasteiger partial charge on any atom is 0.317 e. The number of carbonyl (C=O) groups excluding carboxylic acids is 2. The summed E-state index contributed by atoms with van der Waals surface area (Å²) in [4.78, 5) is 28.6. The lowest BCUT2D eigenvalue weighted by molar-refractivity contribution is -0.130. The molecule has 3 aliphatic rings. The second kappa shape index (κ2) is 8.14. The quantitative estimate of drug-likeness (QED) is 0.859. The first-order valence-electron chi connectivity index (χ1n) is 10.9. The van der Waals surface area contributed by atoms with Gasteiger partial charge in [0.1, 0.15) is 0 Å². The molecule has 2 atom stereocenters. The molecule has 2 saturated heterocycles. The molecule has 1 aliphatic carbocycles. The Morgan fingerprint density at radius 3 is 2.57 bits per heavy atom. The van der Waals surface area contributed by atoms with Gasteiger partial charge in [0.25, 0.3) is 0 Å². The van der Waals surface area contributed by atoms with E-state index in [4.69, 9.17) is 0 Å². The van der Waals surface area contributed by atoms with E-state index in [1.807, 2.05) is 15.9 Å². The van der Waals surface area contributed by atoms with E-state index in [1.54, 1.807) is 6.92 Å². The molecule has 152 valence electrons. The van der Waals surface area contributed by atoms with Crippen molar-refractivity contribution in [2.45, 2.75) is 57.9 Å². The fourth-order valence-electron chi connectivity index (χ4n) is 5.63. The van der Waals surface area contributed by atoms with Crippen LogP contribution in [0.4, 0.5) is 4.79 Å². The van der Waals surface area contributed by atoms with E-state index >= 15 is 0 Å². The molecule has 1 aromatic rings. The number of hydrogen-bond acceptors (Lipinski definition) is 2. The summed E-state index contributed by atoms with van der Waals surface area (Å²) in [5.41, 5.74) is 1.54. The Bertz CT molecular complexity index is 699. The zero-order chi connectivity index (χ0) is 19.6. The minimum Gasteiger partial charge on any atom is -0.343 e. The summed E-state index contributed by atoms with van der Waals surface area (Å²) in [5, 5.41) is 3.18. The molecular weight excluding hydrogens is 350 g/mol. The molecule has 1 N–H and O–H groups in total. The molecule has 1 spiro atoms. The normalized spacial score (nSPS) is 26.6. The van der Waals surface area contributed by atoms with Crippen LogP contribution < -0.4 is 5.32 Å². The number of nitrogens with one attached hydrogen (secondary N) is 1. The topological polar surface area (TPSA) is 52.7 Å². The number of amides is 3. The molecule has 3 amide bonds. The largest absolute Gasteiger partial charge is 0.343 e. The summed E-state index contributed by atoms with van der Waals surface area (Å²) in [5.74, 6) is 0.504. The van der Waals surface area contributed by atoms with Crippen molar-refractivity contribution in [2.75, 3.05) is 26.2 Å². The fraction of sp³-hybridized carbons (Fsp3) is 0.652. The summed E-state index contributed by atoms with van der Waals surface area (Å²) in [6, 6.07) is 10.8. The maximum absolute atomic E-state index is 13.0. The zero-order valence-corrected chi connectivity index (χ0v) is 17.0. The molecule has 4 rings (SSSR count). The van der Waals surface area contributed by atoms with Crippen LogP contribution in [-0.2, 0) is 4.79 Å². The third-order valence-corrected chi connectivity index (χ3v) is 7.11. The van der Waals surface area contributed by atoms with Crippen LogP contribution in [0, 0.1) is 11.3 Å². The molecule has 0 bridgehead atoms. The third kappa shape index (κ3) is 3.76. The van der Waals surface area contributed by atoms with Gasteiger partial charge in [0.15, 0.2) is 0 Å². The molecule has 0 radical (unpaired) electrons. The minimum absolute atomic E-state index is 0.0602. The number of hydrogen-bond donors (Lipinski definition) is 1. The van der Waals surface area contributed by atoms with Crippen LogP contribution >= 0.6 is 0 Å². The minimum atomic E-state index is 0.0602. The number of likely N-dealkylation sites (tertiary alicyclic amines) is 2. The number of urea groups is 1. The Kier molecular flexibility index (Phi) is 5.61. The average molecular weight is 384 g/mol. The highest BCUT2D eigenvalue weighted by Crippen LogP contribution is 2.56. The van der Waals surface area contributed by atoms with Crippen LogP contribution in [-0.4, -0.2) is 47.9 Å². The summed E-state index contributed by atoms with van der Waals surface area (Å²) in [6.07, 6.45) is 8.45. The van der Waals surface area contributed by atoms with Crippen LogP contribution in [0.3, 0.4) is 0 Å². The predicted octanol–water partition coefficient (Wildman–Crippen LogP) is 3.96. The molecule has 28 heavy (non-hydrogen) atoms. The fourth-order valence-corrected chi connectivity index (χ4v) is 5.63. The molecule has 3 fully saturated rings. The third-order valence-electron chi connectivity index (χ3n) is 7.11. The van der Waals surface area contributed by atoms with Gasteiger partial charge < -0.3 is 15.1 Å². The Morgan fingerprint density at radius 2 is 1.86 bits per heavy atom. The van der Waals surface area contributed by atoms with E-state index in [1.165, 1.54) is 37.7 Å². The molecule has 2 unspecified atom stereocenters. The molecule has 2 heterocycles. The van der Waals surface area contributed by atoms with Gasteiger partial charge in [-0.1, -0.05) is 49.6 Å². The molecule has 0 aromatic heterocycles. The lowest BCUT2D eigenvalue weighted by atomic mass is 9.61. The summed E-state index contributed by atoms with van der Waals surface area (Å²) in [7, 11) is 0. The van der Waals surface area contributed by atoms with Crippen LogP contribution in [0.5, 0.6) is 0 Å². The van der Waals surface area contributed by atoms with Gasteiger partial charge in [-0.2, -0.15) is 0 Å². The van der Waals surface area contributed by atoms with Crippen molar-refractivity contribution in [2.24, 2.45) is 11.3 Å². The predicted molar refractivity (Wildman–Crippen MR) is 110 cm³/mol. The molecular formula is C23H33N3O2. The Balaban J connectivity index is 1.40. The van der Waals surface area contributed by atoms with Crippen LogP contribution in [0.15, 0.2) is 30.3 Å². The molecule has 5 nitrogen and oxygen atoms in total. The lowest BCUT2D eigenvalue weighted by Crippen LogP contribution is -2.63. The first-order chi connectivity index (χ1) is 13.6. The van der Waals surface area contributed by atoms with E-state index in [9.17, 15) is 9.59 Å². The van der Waals surface area contributed by atoms with E-state index in [0.717, 1.165) is 32.5 Å². The first-order valence-corrected chi connectivity index (χ1v) is 10.9. The van der Waals surface area contributed by atoms with Gasteiger partial charge in [0.2, 0.25) is 5.91 Å².